The predicted molar refractivity (Wildman–Crippen MR) is 60.3 cm³/mol. The second kappa shape index (κ2) is 4.13. The summed E-state index contributed by atoms with van der Waals surface area (Å²) in [5.41, 5.74) is 4.61. The lowest BCUT2D eigenvalue weighted by Gasteiger charge is -2.40. The van der Waals surface area contributed by atoms with Gasteiger partial charge in [-0.25, -0.2) is 0 Å². The Kier molecular flexibility index (Phi) is 2.98. The van der Waals surface area contributed by atoms with Crippen molar-refractivity contribution in [2.45, 2.75) is 43.6 Å². The van der Waals surface area contributed by atoms with Crippen molar-refractivity contribution in [2.75, 3.05) is 0 Å². The Bertz CT molecular complexity index is 342. The number of hydrogen-bond acceptors (Lipinski definition) is 1. The Hall–Kier alpha value is -0.960. The van der Waals surface area contributed by atoms with Crippen molar-refractivity contribution in [3.05, 3.63) is 35.9 Å². The van der Waals surface area contributed by atoms with Crippen LogP contribution in [-0.4, -0.2) is 5.54 Å². The monoisotopic (exact) mass is 225 g/mol. The van der Waals surface area contributed by atoms with E-state index in [9.17, 15) is 8.78 Å². The molecule has 1 nitrogen and oxygen atoms in total. The van der Waals surface area contributed by atoms with Crippen molar-refractivity contribution in [3.8, 4) is 0 Å². The fourth-order valence-corrected chi connectivity index (χ4v) is 2.43. The molecule has 1 aromatic rings. The third-order valence-corrected chi connectivity index (χ3v) is 3.51. The van der Waals surface area contributed by atoms with E-state index in [4.69, 9.17) is 5.73 Å². The van der Waals surface area contributed by atoms with Crippen LogP contribution in [0.1, 0.15) is 37.7 Å². The molecule has 1 aliphatic rings. The van der Waals surface area contributed by atoms with Gasteiger partial charge in [0.15, 0.2) is 0 Å². The summed E-state index contributed by atoms with van der Waals surface area (Å²) in [5.74, 6) is -2.92. The number of nitrogens with two attached hydrogens (primary N) is 1. The zero-order valence-electron chi connectivity index (χ0n) is 9.26. The topological polar surface area (TPSA) is 26.0 Å². The van der Waals surface area contributed by atoms with Crippen LogP contribution in [0.25, 0.3) is 0 Å². The summed E-state index contributed by atoms with van der Waals surface area (Å²) >= 11 is 0. The Labute approximate surface area is 94.7 Å². The Morgan fingerprint density at radius 1 is 1.00 bits per heavy atom. The highest BCUT2D eigenvalue weighted by atomic mass is 19.3. The zero-order valence-corrected chi connectivity index (χ0v) is 9.26. The second-order valence-electron chi connectivity index (χ2n) is 4.66. The molecule has 0 radical (unpaired) electrons. The summed E-state index contributed by atoms with van der Waals surface area (Å²) < 4.78 is 28.6. The van der Waals surface area contributed by atoms with Gasteiger partial charge in [-0.1, -0.05) is 49.6 Å². The Morgan fingerprint density at radius 3 is 2.12 bits per heavy atom. The molecule has 0 aliphatic heterocycles. The van der Waals surface area contributed by atoms with E-state index in [0.29, 0.717) is 12.8 Å². The van der Waals surface area contributed by atoms with Gasteiger partial charge >= 0.3 is 0 Å². The van der Waals surface area contributed by atoms with Crippen molar-refractivity contribution in [1.29, 1.82) is 0 Å². The lowest BCUT2D eigenvalue weighted by Crippen LogP contribution is -2.54. The van der Waals surface area contributed by atoms with E-state index in [2.05, 4.69) is 0 Å². The maximum atomic E-state index is 14.3. The maximum absolute atomic E-state index is 14.3. The largest absolute Gasteiger partial charge is 0.320 e. The molecule has 0 unspecified atom stereocenters. The first kappa shape index (κ1) is 11.5. The number of rotatable bonds is 2. The number of hydrogen-bond donors (Lipinski definition) is 1. The van der Waals surface area contributed by atoms with E-state index in [1.165, 1.54) is 12.1 Å². The van der Waals surface area contributed by atoms with Gasteiger partial charge in [-0.3, -0.25) is 0 Å². The minimum atomic E-state index is -2.92. The van der Waals surface area contributed by atoms with Gasteiger partial charge in [0.2, 0.25) is 0 Å². The molecule has 1 fully saturated rings. The minimum Gasteiger partial charge on any atom is -0.320 e. The second-order valence-corrected chi connectivity index (χ2v) is 4.66. The molecule has 1 aromatic carbocycles. The van der Waals surface area contributed by atoms with Crippen molar-refractivity contribution in [2.24, 2.45) is 5.73 Å². The average Bonchev–Trinajstić information content (AvgIpc) is 2.31. The molecule has 0 atom stereocenters. The molecule has 1 aliphatic carbocycles. The Balaban J connectivity index is 2.30. The van der Waals surface area contributed by atoms with Crippen LogP contribution in [0.3, 0.4) is 0 Å². The number of benzene rings is 1. The minimum absolute atomic E-state index is 0.0411. The van der Waals surface area contributed by atoms with Gasteiger partial charge in [0.1, 0.15) is 0 Å². The highest BCUT2D eigenvalue weighted by molar-refractivity contribution is 5.24. The normalized spacial score (nSPS) is 20.7. The molecule has 3 heteroatoms. The molecular weight excluding hydrogens is 208 g/mol. The Morgan fingerprint density at radius 2 is 1.56 bits per heavy atom. The van der Waals surface area contributed by atoms with Gasteiger partial charge in [0, 0.05) is 5.56 Å². The molecule has 2 rings (SSSR count). The molecule has 1 saturated carbocycles. The molecule has 2 N–H and O–H groups in total. The van der Waals surface area contributed by atoms with Crippen LogP contribution in [0.5, 0.6) is 0 Å². The van der Waals surface area contributed by atoms with E-state index in [1.54, 1.807) is 18.2 Å². The number of halogens is 2. The summed E-state index contributed by atoms with van der Waals surface area (Å²) in [6, 6.07) is 7.93. The molecule has 0 heterocycles. The smallest absolute Gasteiger partial charge is 0.290 e. The fourth-order valence-electron chi connectivity index (χ4n) is 2.43. The van der Waals surface area contributed by atoms with Crippen LogP contribution in [0, 0.1) is 0 Å². The van der Waals surface area contributed by atoms with E-state index in [1.807, 2.05) is 0 Å². The van der Waals surface area contributed by atoms with E-state index >= 15 is 0 Å². The van der Waals surface area contributed by atoms with Crippen molar-refractivity contribution in [3.63, 3.8) is 0 Å². The number of alkyl halides is 2. The first-order chi connectivity index (χ1) is 7.56. The van der Waals surface area contributed by atoms with E-state index in [-0.39, 0.29) is 5.56 Å². The first-order valence-electron chi connectivity index (χ1n) is 5.78. The predicted octanol–water partition coefficient (Wildman–Crippen LogP) is 3.44. The molecule has 16 heavy (non-hydrogen) atoms. The summed E-state index contributed by atoms with van der Waals surface area (Å²) in [7, 11) is 0. The molecular formula is C13H17F2N. The highest BCUT2D eigenvalue weighted by Gasteiger charge is 2.51. The van der Waals surface area contributed by atoms with E-state index in [0.717, 1.165) is 19.3 Å². The zero-order chi connectivity index (χ0) is 11.6. The van der Waals surface area contributed by atoms with Crippen molar-refractivity contribution in [1.82, 2.24) is 0 Å². The van der Waals surface area contributed by atoms with Gasteiger partial charge in [0.25, 0.3) is 5.92 Å². The molecule has 0 spiro atoms. The molecule has 0 bridgehead atoms. The van der Waals surface area contributed by atoms with Gasteiger partial charge in [0.05, 0.1) is 5.54 Å². The fraction of sp³-hybridized carbons (Fsp3) is 0.538. The molecule has 0 amide bonds. The van der Waals surface area contributed by atoms with E-state index < -0.39 is 11.5 Å². The maximum Gasteiger partial charge on any atom is 0.290 e. The van der Waals surface area contributed by atoms with Crippen LogP contribution < -0.4 is 5.73 Å². The van der Waals surface area contributed by atoms with Crippen LogP contribution in [0.15, 0.2) is 30.3 Å². The summed E-state index contributed by atoms with van der Waals surface area (Å²) in [6.45, 7) is 0. The summed E-state index contributed by atoms with van der Waals surface area (Å²) in [5, 5.41) is 0. The standard InChI is InChI=1S/C13H17F2N/c14-13(15,11-7-3-1-4-8-11)12(16)9-5-2-6-10-12/h1,3-4,7-8H,2,5-6,9-10,16H2. The van der Waals surface area contributed by atoms with Gasteiger partial charge in [-0.2, -0.15) is 8.78 Å². The first-order valence-corrected chi connectivity index (χ1v) is 5.78. The van der Waals surface area contributed by atoms with Gasteiger partial charge in [-0.15, -0.1) is 0 Å². The average molecular weight is 225 g/mol. The summed E-state index contributed by atoms with van der Waals surface area (Å²) in [6.07, 6.45) is 3.45. The molecule has 88 valence electrons. The lowest BCUT2D eigenvalue weighted by atomic mass is 9.75. The highest BCUT2D eigenvalue weighted by Crippen LogP contribution is 2.45. The van der Waals surface area contributed by atoms with Crippen molar-refractivity contribution < 1.29 is 8.78 Å². The third kappa shape index (κ3) is 1.84. The molecule has 0 aromatic heterocycles. The van der Waals surface area contributed by atoms with Crippen molar-refractivity contribution >= 4 is 0 Å². The molecule has 0 saturated heterocycles. The van der Waals surface area contributed by atoms with Gasteiger partial charge in [-0.05, 0) is 12.8 Å². The van der Waals surface area contributed by atoms with Crippen LogP contribution in [0.4, 0.5) is 8.78 Å². The third-order valence-electron chi connectivity index (χ3n) is 3.51. The SMILES string of the molecule is NC1(C(F)(F)c2ccccc2)CCCCC1. The van der Waals surface area contributed by atoms with Gasteiger partial charge < -0.3 is 5.73 Å². The summed E-state index contributed by atoms with van der Waals surface area (Å²) in [4.78, 5) is 0. The lowest BCUT2D eigenvalue weighted by molar-refractivity contribution is -0.0954. The quantitative estimate of drug-likeness (QED) is 0.819. The van der Waals surface area contributed by atoms with Crippen LogP contribution in [0.2, 0.25) is 0 Å². The van der Waals surface area contributed by atoms with Crippen LogP contribution >= 0.6 is 0 Å². The van der Waals surface area contributed by atoms with Crippen LogP contribution in [-0.2, 0) is 5.92 Å².